The van der Waals surface area contributed by atoms with Crippen molar-refractivity contribution in [3.8, 4) is 0 Å². The van der Waals surface area contributed by atoms with Crippen molar-refractivity contribution < 1.29 is 22.4 Å². The van der Waals surface area contributed by atoms with E-state index in [-0.39, 0.29) is 24.3 Å². The van der Waals surface area contributed by atoms with Crippen molar-refractivity contribution in [2.75, 3.05) is 0 Å². The second-order valence-electron chi connectivity index (χ2n) is 6.29. The molecule has 2 heterocycles. The summed E-state index contributed by atoms with van der Waals surface area (Å²) in [6, 6.07) is 7.01. The first kappa shape index (κ1) is 18.2. The van der Waals surface area contributed by atoms with Crippen molar-refractivity contribution >= 4 is 21.8 Å². The van der Waals surface area contributed by atoms with Gasteiger partial charge in [0, 0.05) is 6.42 Å². The molecule has 3 rings (SSSR count). The average Bonchev–Trinajstić information content (AvgIpc) is 3.24. The zero-order chi connectivity index (χ0) is 18.9. The minimum atomic E-state index is -4.09. The molecular weight excluding hydrogens is 356 g/mol. The van der Waals surface area contributed by atoms with Crippen LogP contribution in [0.2, 0.25) is 0 Å². The van der Waals surface area contributed by atoms with Gasteiger partial charge in [0.1, 0.15) is 11.8 Å². The molecule has 7 nitrogen and oxygen atoms in total. The molecule has 0 unspecified atom stereocenters. The highest BCUT2D eigenvalue weighted by Crippen LogP contribution is 2.28. The molecule has 1 aromatic heterocycles. The fourth-order valence-electron chi connectivity index (χ4n) is 2.89. The van der Waals surface area contributed by atoms with E-state index in [4.69, 9.17) is 4.42 Å². The van der Waals surface area contributed by atoms with E-state index in [1.54, 1.807) is 25.1 Å². The highest BCUT2D eigenvalue weighted by Gasteiger charge is 2.44. The number of amides is 2. The van der Waals surface area contributed by atoms with E-state index in [0.717, 1.165) is 11.1 Å². The van der Waals surface area contributed by atoms with Crippen LogP contribution < -0.4 is 5.32 Å². The highest BCUT2D eigenvalue weighted by atomic mass is 32.2. The first-order valence-electron chi connectivity index (χ1n) is 8.25. The minimum absolute atomic E-state index is 0.0136. The van der Waals surface area contributed by atoms with Gasteiger partial charge < -0.3 is 9.73 Å². The van der Waals surface area contributed by atoms with Gasteiger partial charge in [-0.3, -0.25) is 9.59 Å². The fourth-order valence-corrected chi connectivity index (χ4v) is 4.58. The zero-order valence-electron chi connectivity index (χ0n) is 14.6. The maximum Gasteiger partial charge on any atom is 0.267 e. The van der Waals surface area contributed by atoms with Crippen LogP contribution in [0.5, 0.6) is 0 Å². The maximum absolute atomic E-state index is 13.0. The zero-order valence-corrected chi connectivity index (χ0v) is 15.4. The molecule has 26 heavy (non-hydrogen) atoms. The van der Waals surface area contributed by atoms with Crippen LogP contribution in [-0.2, 0) is 26.2 Å². The Balaban J connectivity index is 1.84. The van der Waals surface area contributed by atoms with Crippen LogP contribution in [0.3, 0.4) is 0 Å². The monoisotopic (exact) mass is 376 g/mol. The van der Waals surface area contributed by atoms with E-state index in [1.165, 1.54) is 18.4 Å². The summed E-state index contributed by atoms with van der Waals surface area (Å²) in [7, 11) is -4.09. The van der Waals surface area contributed by atoms with E-state index in [0.29, 0.717) is 10.1 Å². The number of sulfonamides is 1. The molecule has 8 heteroatoms. The number of hydrogen-bond acceptors (Lipinski definition) is 5. The number of rotatable bonds is 5. The Morgan fingerprint density at radius 1 is 1.27 bits per heavy atom. The van der Waals surface area contributed by atoms with Crippen molar-refractivity contribution in [2.24, 2.45) is 0 Å². The predicted octanol–water partition coefficient (Wildman–Crippen LogP) is 1.89. The quantitative estimate of drug-likeness (QED) is 0.860. The first-order valence-corrected chi connectivity index (χ1v) is 9.69. The third kappa shape index (κ3) is 3.37. The van der Waals surface area contributed by atoms with Crippen LogP contribution in [0, 0.1) is 13.8 Å². The Hall–Kier alpha value is -2.61. The molecule has 2 amide bonds. The molecule has 0 radical (unpaired) electrons. The lowest BCUT2D eigenvalue weighted by atomic mass is 10.1. The lowest BCUT2D eigenvalue weighted by Gasteiger charge is -2.24. The Morgan fingerprint density at radius 3 is 2.69 bits per heavy atom. The molecule has 138 valence electrons. The molecule has 1 aliphatic heterocycles. The van der Waals surface area contributed by atoms with E-state index in [2.05, 4.69) is 5.32 Å². The molecule has 1 aliphatic rings. The lowest BCUT2D eigenvalue weighted by Crippen LogP contribution is -2.47. The standard InChI is InChI=1S/C18H20N2O5S/c1-12-5-6-15(10-13(12)2)26(23,24)20-16(7-8-17(20)21)18(22)19-11-14-4-3-9-25-14/h3-6,9-10,16H,7-8,11H2,1-2H3,(H,19,22)/t16-/m1/s1. The maximum atomic E-state index is 13.0. The third-order valence-corrected chi connectivity index (χ3v) is 6.34. The molecule has 0 aliphatic carbocycles. The number of furan rings is 1. The van der Waals surface area contributed by atoms with Gasteiger partial charge in [-0.2, -0.15) is 0 Å². The fraction of sp³-hybridized carbons (Fsp3) is 0.333. The van der Waals surface area contributed by atoms with E-state index in [9.17, 15) is 18.0 Å². The summed E-state index contributed by atoms with van der Waals surface area (Å²) >= 11 is 0. The van der Waals surface area contributed by atoms with Crippen molar-refractivity contribution in [3.05, 3.63) is 53.5 Å². The largest absolute Gasteiger partial charge is 0.467 e. The summed E-state index contributed by atoms with van der Waals surface area (Å²) in [6.45, 7) is 3.80. The molecular formula is C18H20N2O5S. The van der Waals surface area contributed by atoms with Crippen LogP contribution in [0.25, 0.3) is 0 Å². The van der Waals surface area contributed by atoms with Crippen molar-refractivity contribution in [3.63, 3.8) is 0 Å². The van der Waals surface area contributed by atoms with Gasteiger partial charge in [-0.25, -0.2) is 12.7 Å². The van der Waals surface area contributed by atoms with Gasteiger partial charge in [0.2, 0.25) is 11.8 Å². The summed E-state index contributed by atoms with van der Waals surface area (Å²) in [5.74, 6) is -0.535. The number of hydrogen-bond donors (Lipinski definition) is 1. The predicted molar refractivity (Wildman–Crippen MR) is 93.5 cm³/mol. The molecule has 1 aromatic carbocycles. The molecule has 1 N–H and O–H groups in total. The number of carbonyl (C=O) groups excluding carboxylic acids is 2. The summed E-state index contributed by atoms with van der Waals surface area (Å²) < 4.78 is 31.8. The van der Waals surface area contributed by atoms with Gasteiger partial charge in [-0.1, -0.05) is 6.07 Å². The van der Waals surface area contributed by atoms with Crippen LogP contribution in [-0.4, -0.2) is 30.6 Å². The summed E-state index contributed by atoms with van der Waals surface area (Å²) in [4.78, 5) is 24.7. The van der Waals surface area contributed by atoms with Crippen molar-refractivity contribution in [1.29, 1.82) is 0 Å². The molecule has 0 spiro atoms. The number of aryl methyl sites for hydroxylation is 2. The van der Waals surface area contributed by atoms with Crippen LogP contribution in [0.4, 0.5) is 0 Å². The van der Waals surface area contributed by atoms with Gasteiger partial charge in [0.05, 0.1) is 17.7 Å². The van der Waals surface area contributed by atoms with E-state index in [1.807, 2.05) is 6.92 Å². The Morgan fingerprint density at radius 2 is 2.04 bits per heavy atom. The molecule has 2 aromatic rings. The smallest absolute Gasteiger partial charge is 0.267 e. The SMILES string of the molecule is Cc1ccc(S(=O)(=O)N2C(=O)CC[C@@H]2C(=O)NCc2ccco2)cc1C. The van der Waals surface area contributed by atoms with Crippen LogP contribution in [0.15, 0.2) is 45.9 Å². The summed E-state index contributed by atoms with van der Waals surface area (Å²) in [6.07, 6.45) is 1.66. The number of benzene rings is 1. The summed E-state index contributed by atoms with van der Waals surface area (Å²) in [5, 5.41) is 2.63. The minimum Gasteiger partial charge on any atom is -0.467 e. The van der Waals surface area contributed by atoms with Crippen molar-refractivity contribution in [1.82, 2.24) is 9.62 Å². The number of nitrogens with zero attached hydrogens (tertiary/aromatic N) is 1. The first-order chi connectivity index (χ1) is 12.3. The molecule has 0 bridgehead atoms. The second-order valence-corrected chi connectivity index (χ2v) is 8.11. The van der Waals surface area contributed by atoms with Gasteiger partial charge in [-0.15, -0.1) is 0 Å². The van der Waals surface area contributed by atoms with E-state index < -0.39 is 27.9 Å². The second kappa shape index (κ2) is 6.95. The lowest BCUT2D eigenvalue weighted by molar-refractivity contribution is -0.130. The van der Waals surface area contributed by atoms with Gasteiger partial charge >= 0.3 is 0 Å². The van der Waals surface area contributed by atoms with Gasteiger partial charge in [0.25, 0.3) is 10.0 Å². The number of nitrogens with one attached hydrogen (secondary N) is 1. The third-order valence-electron chi connectivity index (χ3n) is 4.52. The number of carbonyl (C=O) groups is 2. The van der Waals surface area contributed by atoms with Gasteiger partial charge in [0.15, 0.2) is 0 Å². The van der Waals surface area contributed by atoms with Gasteiger partial charge in [-0.05, 0) is 55.7 Å². The normalized spacial score (nSPS) is 17.5. The van der Waals surface area contributed by atoms with Crippen LogP contribution in [0.1, 0.15) is 29.7 Å². The summed E-state index contributed by atoms with van der Waals surface area (Å²) in [5.41, 5.74) is 1.75. The Bertz CT molecular complexity index is 934. The topological polar surface area (TPSA) is 96.7 Å². The van der Waals surface area contributed by atoms with Crippen LogP contribution >= 0.6 is 0 Å². The van der Waals surface area contributed by atoms with E-state index >= 15 is 0 Å². The molecule has 1 fully saturated rings. The Kier molecular flexibility index (Phi) is 4.86. The van der Waals surface area contributed by atoms with Crippen molar-refractivity contribution in [2.45, 2.75) is 44.2 Å². The molecule has 1 saturated heterocycles. The highest BCUT2D eigenvalue weighted by molar-refractivity contribution is 7.89. The average molecular weight is 376 g/mol. The Labute approximate surface area is 152 Å². The molecule has 0 saturated carbocycles. The molecule has 1 atom stereocenters.